The van der Waals surface area contributed by atoms with Crippen molar-refractivity contribution in [3.8, 4) is 0 Å². The van der Waals surface area contributed by atoms with Gasteiger partial charge in [-0.15, -0.1) is 0 Å². The predicted octanol–water partition coefficient (Wildman–Crippen LogP) is 5.23. The van der Waals surface area contributed by atoms with Crippen molar-refractivity contribution in [3.63, 3.8) is 0 Å². The van der Waals surface area contributed by atoms with Gasteiger partial charge >= 0.3 is 0 Å². The first-order chi connectivity index (χ1) is 12.3. The van der Waals surface area contributed by atoms with Gasteiger partial charge in [0, 0.05) is 5.39 Å². The van der Waals surface area contributed by atoms with Gasteiger partial charge in [-0.1, -0.05) is 35.9 Å². The van der Waals surface area contributed by atoms with E-state index in [9.17, 15) is 0 Å². The van der Waals surface area contributed by atoms with Crippen LogP contribution in [0.25, 0.3) is 10.9 Å². The second kappa shape index (κ2) is 6.83. The lowest BCUT2D eigenvalue weighted by atomic mass is 10.2. The van der Waals surface area contributed by atoms with E-state index in [0.717, 1.165) is 28.2 Å². The highest BCUT2D eigenvalue weighted by Gasteiger charge is 2.09. The van der Waals surface area contributed by atoms with Gasteiger partial charge in [-0.05, 0) is 36.4 Å². The fourth-order valence-electron chi connectivity index (χ4n) is 2.53. The maximum atomic E-state index is 6.21. The summed E-state index contributed by atoms with van der Waals surface area (Å²) in [7, 11) is 0. The Labute approximate surface area is 149 Å². The van der Waals surface area contributed by atoms with Crippen LogP contribution in [0, 0.1) is 0 Å². The fourth-order valence-corrected chi connectivity index (χ4v) is 2.72. The molecule has 0 aliphatic heterocycles. The molecule has 6 heteroatoms. The average Bonchev–Trinajstić information content (AvgIpc) is 3.15. The normalized spacial score (nSPS) is 10.8. The van der Waals surface area contributed by atoms with Gasteiger partial charge in [-0.3, -0.25) is 0 Å². The lowest BCUT2D eigenvalue weighted by Gasteiger charge is -2.12. The Hall–Kier alpha value is -3.05. The molecule has 0 aliphatic rings. The molecule has 0 aliphatic carbocycles. The molecule has 2 aromatic carbocycles. The van der Waals surface area contributed by atoms with Crippen LogP contribution in [0.4, 0.5) is 17.5 Å². The van der Waals surface area contributed by atoms with Gasteiger partial charge in [0.2, 0.25) is 5.95 Å². The van der Waals surface area contributed by atoms with Crippen LogP contribution in [0.1, 0.15) is 5.76 Å². The summed E-state index contributed by atoms with van der Waals surface area (Å²) in [5, 5.41) is 8.05. The molecule has 0 saturated heterocycles. The van der Waals surface area contributed by atoms with E-state index in [1.807, 2.05) is 60.7 Å². The maximum Gasteiger partial charge on any atom is 0.229 e. The van der Waals surface area contributed by atoms with E-state index in [-0.39, 0.29) is 0 Å². The van der Waals surface area contributed by atoms with Crippen LogP contribution in [-0.4, -0.2) is 9.97 Å². The number of para-hydroxylation sites is 2. The van der Waals surface area contributed by atoms with E-state index >= 15 is 0 Å². The molecule has 0 radical (unpaired) electrons. The van der Waals surface area contributed by atoms with Gasteiger partial charge in [0.1, 0.15) is 11.6 Å². The minimum absolute atomic E-state index is 0.480. The van der Waals surface area contributed by atoms with Crippen molar-refractivity contribution in [3.05, 3.63) is 77.7 Å². The van der Waals surface area contributed by atoms with E-state index < -0.39 is 0 Å². The number of hydrogen-bond donors (Lipinski definition) is 2. The van der Waals surface area contributed by atoms with Gasteiger partial charge < -0.3 is 15.1 Å². The summed E-state index contributed by atoms with van der Waals surface area (Å²) in [6, 6.07) is 19.1. The quantitative estimate of drug-likeness (QED) is 0.516. The SMILES string of the molecule is Clc1ccccc1Nc1nc(NCc2ccco2)c2ccccc2n1. The first-order valence-corrected chi connectivity index (χ1v) is 8.22. The summed E-state index contributed by atoms with van der Waals surface area (Å²) in [6.07, 6.45) is 1.65. The van der Waals surface area contributed by atoms with Gasteiger partial charge in [0.25, 0.3) is 0 Å². The molecular formula is C19H15ClN4O. The molecule has 5 nitrogen and oxygen atoms in total. The average molecular weight is 351 g/mol. The number of furan rings is 1. The standard InChI is InChI=1S/C19H15ClN4O/c20-15-8-2-4-10-17(15)23-19-22-16-9-3-1-7-14(16)18(24-19)21-12-13-6-5-11-25-13/h1-11H,12H2,(H2,21,22,23,24). The molecule has 2 aromatic heterocycles. The third-order valence-electron chi connectivity index (χ3n) is 3.73. The molecule has 0 bridgehead atoms. The third kappa shape index (κ3) is 3.41. The molecule has 0 fully saturated rings. The summed E-state index contributed by atoms with van der Waals surface area (Å²) in [4.78, 5) is 9.18. The van der Waals surface area contributed by atoms with E-state index in [0.29, 0.717) is 17.5 Å². The van der Waals surface area contributed by atoms with E-state index in [1.165, 1.54) is 0 Å². The van der Waals surface area contributed by atoms with Gasteiger partial charge in [0.05, 0.1) is 29.0 Å². The molecule has 0 unspecified atom stereocenters. The number of nitrogens with zero attached hydrogens (tertiary/aromatic N) is 2. The van der Waals surface area contributed by atoms with Crippen molar-refractivity contribution in [1.82, 2.24) is 9.97 Å². The number of anilines is 3. The second-order valence-electron chi connectivity index (χ2n) is 5.45. The summed E-state index contributed by atoms with van der Waals surface area (Å²) >= 11 is 6.21. The maximum absolute atomic E-state index is 6.21. The summed E-state index contributed by atoms with van der Waals surface area (Å²) in [6.45, 7) is 0.541. The Morgan fingerprint density at radius 1 is 0.920 bits per heavy atom. The van der Waals surface area contributed by atoms with Crippen LogP contribution in [0.15, 0.2) is 71.3 Å². The molecule has 2 N–H and O–H groups in total. The zero-order valence-electron chi connectivity index (χ0n) is 13.2. The van der Waals surface area contributed by atoms with Crippen LogP contribution in [0.2, 0.25) is 5.02 Å². The minimum atomic E-state index is 0.480. The number of halogens is 1. The highest BCUT2D eigenvalue weighted by atomic mass is 35.5. The van der Waals surface area contributed by atoms with Gasteiger partial charge in [-0.2, -0.15) is 4.98 Å². The van der Waals surface area contributed by atoms with Crippen LogP contribution in [-0.2, 0) is 6.54 Å². The Bertz CT molecular complexity index is 1000. The zero-order valence-corrected chi connectivity index (χ0v) is 14.0. The lowest BCUT2D eigenvalue weighted by molar-refractivity contribution is 0.518. The van der Waals surface area contributed by atoms with Crippen LogP contribution >= 0.6 is 11.6 Å². The predicted molar refractivity (Wildman–Crippen MR) is 100 cm³/mol. The molecule has 4 aromatic rings. The van der Waals surface area contributed by atoms with Crippen LogP contribution in [0.3, 0.4) is 0 Å². The fraction of sp³-hybridized carbons (Fsp3) is 0.0526. The number of aromatic nitrogens is 2. The van der Waals surface area contributed by atoms with Crippen molar-refractivity contribution in [2.45, 2.75) is 6.54 Å². The van der Waals surface area contributed by atoms with E-state index in [1.54, 1.807) is 6.26 Å². The number of hydrogen-bond acceptors (Lipinski definition) is 5. The topological polar surface area (TPSA) is 63.0 Å². The van der Waals surface area contributed by atoms with Crippen molar-refractivity contribution in [2.75, 3.05) is 10.6 Å². The number of rotatable bonds is 5. The molecule has 4 rings (SSSR count). The molecule has 0 amide bonds. The first-order valence-electron chi connectivity index (χ1n) is 7.84. The van der Waals surface area contributed by atoms with Crippen molar-refractivity contribution < 1.29 is 4.42 Å². The number of nitrogens with one attached hydrogen (secondary N) is 2. The largest absolute Gasteiger partial charge is 0.467 e. The molecule has 124 valence electrons. The van der Waals surface area contributed by atoms with Crippen molar-refractivity contribution >= 4 is 40.0 Å². The van der Waals surface area contributed by atoms with Crippen molar-refractivity contribution in [2.24, 2.45) is 0 Å². The summed E-state index contributed by atoms with van der Waals surface area (Å²) < 4.78 is 5.37. The molecule has 0 saturated carbocycles. The monoisotopic (exact) mass is 350 g/mol. The minimum Gasteiger partial charge on any atom is -0.467 e. The van der Waals surface area contributed by atoms with Gasteiger partial charge in [-0.25, -0.2) is 4.98 Å². The highest BCUT2D eigenvalue weighted by molar-refractivity contribution is 6.33. The summed E-state index contributed by atoms with van der Waals surface area (Å²) in [5.41, 5.74) is 1.60. The summed E-state index contributed by atoms with van der Waals surface area (Å²) in [5.74, 6) is 2.05. The molecule has 2 heterocycles. The Morgan fingerprint density at radius 3 is 2.60 bits per heavy atom. The lowest BCUT2D eigenvalue weighted by Crippen LogP contribution is -2.05. The molecule has 25 heavy (non-hydrogen) atoms. The number of benzene rings is 2. The Kier molecular flexibility index (Phi) is 4.23. The third-order valence-corrected chi connectivity index (χ3v) is 4.06. The smallest absolute Gasteiger partial charge is 0.229 e. The van der Waals surface area contributed by atoms with E-state index in [4.69, 9.17) is 16.0 Å². The highest BCUT2D eigenvalue weighted by Crippen LogP contribution is 2.27. The molecule has 0 spiro atoms. The second-order valence-corrected chi connectivity index (χ2v) is 5.86. The van der Waals surface area contributed by atoms with Gasteiger partial charge in [0.15, 0.2) is 0 Å². The first kappa shape index (κ1) is 15.5. The van der Waals surface area contributed by atoms with Crippen LogP contribution < -0.4 is 10.6 Å². The molecule has 0 atom stereocenters. The Balaban J connectivity index is 1.69. The molecular weight excluding hydrogens is 336 g/mol. The van der Waals surface area contributed by atoms with E-state index in [2.05, 4.69) is 20.6 Å². The number of fused-ring (bicyclic) bond motifs is 1. The van der Waals surface area contributed by atoms with Crippen molar-refractivity contribution in [1.29, 1.82) is 0 Å². The van der Waals surface area contributed by atoms with Crippen LogP contribution in [0.5, 0.6) is 0 Å². The Morgan fingerprint density at radius 2 is 1.76 bits per heavy atom. The zero-order chi connectivity index (χ0) is 17.1.